The molecule has 0 spiro atoms. The lowest BCUT2D eigenvalue weighted by molar-refractivity contribution is -0.122. The number of benzene rings is 1. The maximum absolute atomic E-state index is 13.3. The Labute approximate surface area is 151 Å². The van der Waals surface area contributed by atoms with Crippen LogP contribution in [0.25, 0.3) is 0 Å². The molecule has 26 heavy (non-hydrogen) atoms. The van der Waals surface area contributed by atoms with Crippen molar-refractivity contribution in [2.24, 2.45) is 7.05 Å². The third-order valence-electron chi connectivity index (χ3n) is 4.20. The van der Waals surface area contributed by atoms with Crippen molar-refractivity contribution in [3.63, 3.8) is 0 Å². The van der Waals surface area contributed by atoms with Gasteiger partial charge in [0, 0.05) is 37.8 Å². The molecule has 1 atom stereocenters. The lowest BCUT2D eigenvalue weighted by Crippen LogP contribution is -2.34. The first-order chi connectivity index (χ1) is 12.5. The number of carbonyl (C=O) groups excluding carboxylic acids is 1. The highest BCUT2D eigenvalue weighted by atomic mass is 19.1. The van der Waals surface area contributed by atoms with Gasteiger partial charge in [-0.1, -0.05) is 26.0 Å². The number of aryl methyl sites for hydroxylation is 1. The summed E-state index contributed by atoms with van der Waals surface area (Å²) in [4.78, 5) is 21.3. The Morgan fingerprint density at radius 2 is 1.77 bits per heavy atom. The van der Waals surface area contributed by atoms with Crippen molar-refractivity contribution in [1.82, 2.24) is 24.4 Å². The Morgan fingerprint density at radius 3 is 2.38 bits per heavy atom. The van der Waals surface area contributed by atoms with Crippen LogP contribution in [-0.2, 0) is 18.4 Å². The van der Waals surface area contributed by atoms with Crippen LogP contribution >= 0.6 is 0 Å². The zero-order valence-corrected chi connectivity index (χ0v) is 15.1. The summed E-state index contributed by atoms with van der Waals surface area (Å²) in [6, 6.07) is 5.61. The van der Waals surface area contributed by atoms with E-state index in [0.717, 1.165) is 11.4 Å². The molecule has 0 fully saturated rings. The van der Waals surface area contributed by atoms with Crippen LogP contribution in [-0.4, -0.2) is 25.0 Å². The predicted molar refractivity (Wildman–Crippen MR) is 95.9 cm³/mol. The third-order valence-corrected chi connectivity index (χ3v) is 4.20. The first kappa shape index (κ1) is 17.8. The van der Waals surface area contributed by atoms with E-state index in [9.17, 15) is 9.18 Å². The Bertz CT molecular complexity index is 881. The minimum absolute atomic E-state index is 0.162. The molecule has 0 radical (unpaired) electrons. The molecule has 6 nitrogen and oxygen atoms in total. The summed E-state index contributed by atoms with van der Waals surface area (Å²) in [6.07, 6.45) is 6.97. The van der Waals surface area contributed by atoms with Crippen LogP contribution in [0.3, 0.4) is 0 Å². The van der Waals surface area contributed by atoms with Crippen molar-refractivity contribution in [2.45, 2.75) is 32.4 Å². The molecule has 3 aromatic rings. The standard InChI is InChI=1S/C19H22FN5O/c1-13(2)18-21-9-11-25(18)12-16(26)23-17(19-22-8-10-24(19)3)14-4-6-15(20)7-5-14/h4-11,13,17H,12H2,1-3H3,(H,23,26)/t17-/m1/s1. The van der Waals surface area contributed by atoms with Gasteiger partial charge in [0.25, 0.3) is 0 Å². The molecule has 0 unspecified atom stereocenters. The van der Waals surface area contributed by atoms with Gasteiger partial charge in [-0.15, -0.1) is 0 Å². The molecule has 1 aromatic carbocycles. The highest BCUT2D eigenvalue weighted by molar-refractivity contribution is 5.76. The zero-order chi connectivity index (χ0) is 18.7. The van der Waals surface area contributed by atoms with E-state index in [1.807, 2.05) is 36.2 Å². The highest BCUT2D eigenvalue weighted by Crippen LogP contribution is 2.21. The number of halogens is 1. The molecule has 0 bridgehead atoms. The Balaban J connectivity index is 1.84. The van der Waals surface area contributed by atoms with Crippen molar-refractivity contribution in [1.29, 1.82) is 0 Å². The normalized spacial score (nSPS) is 12.3. The molecule has 136 valence electrons. The van der Waals surface area contributed by atoms with Gasteiger partial charge < -0.3 is 14.5 Å². The molecule has 0 aliphatic carbocycles. The molecule has 1 N–H and O–H groups in total. The predicted octanol–water partition coefficient (Wildman–Crippen LogP) is 2.78. The second kappa shape index (κ2) is 7.51. The molecule has 2 heterocycles. The number of imidazole rings is 2. The first-order valence-corrected chi connectivity index (χ1v) is 8.48. The molecule has 3 rings (SSSR count). The minimum atomic E-state index is -0.464. The summed E-state index contributed by atoms with van der Waals surface area (Å²) in [5.41, 5.74) is 0.767. The maximum Gasteiger partial charge on any atom is 0.240 e. The number of amides is 1. The van der Waals surface area contributed by atoms with Gasteiger partial charge >= 0.3 is 0 Å². The fourth-order valence-corrected chi connectivity index (χ4v) is 2.92. The average Bonchev–Trinajstić information content (AvgIpc) is 3.22. The molecule has 7 heteroatoms. The fourth-order valence-electron chi connectivity index (χ4n) is 2.92. The molecule has 0 saturated heterocycles. The molecular weight excluding hydrogens is 333 g/mol. The van der Waals surface area contributed by atoms with Crippen LogP contribution in [0.4, 0.5) is 4.39 Å². The third kappa shape index (κ3) is 3.82. The summed E-state index contributed by atoms with van der Waals surface area (Å²) in [7, 11) is 1.86. The topological polar surface area (TPSA) is 64.7 Å². The second-order valence-electron chi connectivity index (χ2n) is 6.52. The first-order valence-electron chi connectivity index (χ1n) is 8.48. The van der Waals surface area contributed by atoms with Crippen molar-refractivity contribution in [2.75, 3.05) is 0 Å². The number of nitrogens with one attached hydrogen (secondary N) is 1. The Hall–Kier alpha value is -2.96. The summed E-state index contributed by atoms with van der Waals surface area (Å²) < 4.78 is 17.0. The molecule has 0 saturated carbocycles. The van der Waals surface area contributed by atoms with Gasteiger partial charge in [0.05, 0.1) is 0 Å². The van der Waals surface area contributed by atoms with Crippen LogP contribution in [0.5, 0.6) is 0 Å². The number of hydrogen-bond acceptors (Lipinski definition) is 3. The summed E-state index contributed by atoms with van der Waals surface area (Å²) in [5, 5.41) is 3.01. The van der Waals surface area contributed by atoms with Gasteiger partial charge in [0.15, 0.2) is 0 Å². The fraction of sp³-hybridized carbons (Fsp3) is 0.316. The van der Waals surface area contributed by atoms with Gasteiger partial charge in [-0.3, -0.25) is 4.79 Å². The van der Waals surface area contributed by atoms with E-state index >= 15 is 0 Å². The smallest absolute Gasteiger partial charge is 0.240 e. The van der Waals surface area contributed by atoms with E-state index in [1.165, 1.54) is 12.1 Å². The second-order valence-corrected chi connectivity index (χ2v) is 6.52. The minimum Gasteiger partial charge on any atom is -0.341 e. The van der Waals surface area contributed by atoms with Crippen molar-refractivity contribution in [3.8, 4) is 0 Å². The lowest BCUT2D eigenvalue weighted by Gasteiger charge is -2.20. The number of carbonyl (C=O) groups is 1. The van der Waals surface area contributed by atoms with Gasteiger partial charge in [0.2, 0.25) is 5.91 Å². The summed E-state index contributed by atoms with van der Waals surface area (Å²) in [6.45, 7) is 4.23. The van der Waals surface area contributed by atoms with Crippen molar-refractivity contribution in [3.05, 3.63) is 72.1 Å². The zero-order valence-electron chi connectivity index (χ0n) is 15.1. The van der Waals surface area contributed by atoms with Gasteiger partial charge in [0.1, 0.15) is 30.1 Å². The van der Waals surface area contributed by atoms with E-state index in [-0.39, 0.29) is 24.2 Å². The van der Waals surface area contributed by atoms with Crippen molar-refractivity contribution < 1.29 is 9.18 Å². The number of rotatable bonds is 6. The van der Waals surface area contributed by atoms with E-state index in [1.54, 1.807) is 30.7 Å². The van der Waals surface area contributed by atoms with Crippen molar-refractivity contribution >= 4 is 5.91 Å². The van der Waals surface area contributed by atoms with E-state index in [0.29, 0.717) is 5.82 Å². The van der Waals surface area contributed by atoms with Crippen LogP contribution in [0.15, 0.2) is 49.1 Å². The van der Waals surface area contributed by atoms with Gasteiger partial charge in [-0.2, -0.15) is 0 Å². The molecule has 0 aliphatic rings. The average molecular weight is 355 g/mol. The molecule has 1 amide bonds. The molecule has 0 aliphatic heterocycles. The monoisotopic (exact) mass is 355 g/mol. The number of nitrogens with zero attached hydrogens (tertiary/aromatic N) is 4. The number of aromatic nitrogens is 4. The highest BCUT2D eigenvalue weighted by Gasteiger charge is 2.21. The quantitative estimate of drug-likeness (QED) is 0.739. The van der Waals surface area contributed by atoms with Crippen LogP contribution in [0.1, 0.15) is 43.0 Å². The Kier molecular flexibility index (Phi) is 5.16. The summed E-state index contributed by atoms with van der Waals surface area (Å²) >= 11 is 0. The maximum atomic E-state index is 13.3. The largest absolute Gasteiger partial charge is 0.341 e. The van der Waals surface area contributed by atoms with Gasteiger partial charge in [-0.05, 0) is 17.7 Å². The van der Waals surface area contributed by atoms with Crippen LogP contribution in [0, 0.1) is 5.82 Å². The Morgan fingerprint density at radius 1 is 1.12 bits per heavy atom. The SMILES string of the molecule is CC(C)c1nccn1CC(=O)N[C@H](c1ccc(F)cc1)c1nccn1C. The molecule has 2 aromatic heterocycles. The van der Waals surface area contributed by atoms with E-state index in [2.05, 4.69) is 15.3 Å². The molecular formula is C19H22FN5O. The van der Waals surface area contributed by atoms with E-state index < -0.39 is 6.04 Å². The van der Waals surface area contributed by atoms with Crippen LogP contribution < -0.4 is 5.32 Å². The number of hydrogen-bond donors (Lipinski definition) is 1. The van der Waals surface area contributed by atoms with Gasteiger partial charge in [-0.25, -0.2) is 14.4 Å². The summed E-state index contributed by atoms with van der Waals surface area (Å²) in [5.74, 6) is 1.27. The lowest BCUT2D eigenvalue weighted by atomic mass is 10.1. The van der Waals surface area contributed by atoms with Crippen LogP contribution in [0.2, 0.25) is 0 Å². The van der Waals surface area contributed by atoms with E-state index in [4.69, 9.17) is 0 Å².